The van der Waals surface area contributed by atoms with Crippen LogP contribution in [-0.4, -0.2) is 42.8 Å². The lowest BCUT2D eigenvalue weighted by atomic mass is 10.2. The first-order valence-electron chi connectivity index (χ1n) is 5.81. The highest BCUT2D eigenvalue weighted by Crippen LogP contribution is 2.11. The molecule has 0 aromatic rings. The maximum atomic E-state index is 11.8. The summed E-state index contributed by atoms with van der Waals surface area (Å²) in [6.45, 7) is 8.24. The molecule has 88 valence electrons. The van der Waals surface area contributed by atoms with Crippen LogP contribution in [0.25, 0.3) is 0 Å². The summed E-state index contributed by atoms with van der Waals surface area (Å²) in [4.78, 5) is 13.7. The molecule has 1 heterocycles. The molecule has 0 saturated carbocycles. The number of hydrogen-bond acceptors (Lipinski definition) is 2. The molecule has 15 heavy (non-hydrogen) atoms. The van der Waals surface area contributed by atoms with Gasteiger partial charge in [0.25, 0.3) is 0 Å². The zero-order chi connectivity index (χ0) is 11.3. The van der Waals surface area contributed by atoms with Gasteiger partial charge >= 0.3 is 6.03 Å². The number of unbranched alkanes of at least 4 members (excludes halogenated alkanes) is 1. The Labute approximate surface area is 92.0 Å². The van der Waals surface area contributed by atoms with Crippen molar-refractivity contribution in [2.45, 2.75) is 45.8 Å². The molecule has 4 heteroatoms. The number of hydrogen-bond donors (Lipinski definition) is 1. The SMILES string of the molecule is CCCCNC(=O)N1CC(C)OCC1C. The lowest BCUT2D eigenvalue weighted by Gasteiger charge is -2.36. The first kappa shape index (κ1) is 12.3. The minimum atomic E-state index is 0.0473. The molecule has 0 spiro atoms. The quantitative estimate of drug-likeness (QED) is 0.725. The summed E-state index contributed by atoms with van der Waals surface area (Å²) in [7, 11) is 0. The van der Waals surface area contributed by atoms with Gasteiger partial charge in [0.05, 0.1) is 18.8 Å². The lowest BCUT2D eigenvalue weighted by molar-refractivity contribution is -0.0317. The molecule has 1 rings (SSSR count). The highest BCUT2D eigenvalue weighted by atomic mass is 16.5. The Morgan fingerprint density at radius 3 is 2.93 bits per heavy atom. The van der Waals surface area contributed by atoms with Crippen LogP contribution in [-0.2, 0) is 4.74 Å². The van der Waals surface area contributed by atoms with Crippen molar-refractivity contribution < 1.29 is 9.53 Å². The summed E-state index contributed by atoms with van der Waals surface area (Å²) < 4.78 is 5.47. The Bertz CT molecular complexity index is 209. The van der Waals surface area contributed by atoms with E-state index in [1.54, 1.807) is 0 Å². The molecule has 0 radical (unpaired) electrons. The second kappa shape index (κ2) is 5.95. The van der Waals surface area contributed by atoms with E-state index in [2.05, 4.69) is 12.2 Å². The molecule has 2 amide bonds. The third kappa shape index (κ3) is 3.70. The fraction of sp³-hybridized carbons (Fsp3) is 0.909. The van der Waals surface area contributed by atoms with Gasteiger partial charge in [-0.1, -0.05) is 13.3 Å². The highest BCUT2D eigenvalue weighted by molar-refractivity contribution is 5.74. The molecular formula is C11H22N2O2. The van der Waals surface area contributed by atoms with Crippen LogP contribution in [0.5, 0.6) is 0 Å². The van der Waals surface area contributed by atoms with Crippen LogP contribution in [0, 0.1) is 0 Å². The Morgan fingerprint density at radius 2 is 2.27 bits per heavy atom. The van der Waals surface area contributed by atoms with Crippen molar-refractivity contribution in [3.05, 3.63) is 0 Å². The fourth-order valence-electron chi connectivity index (χ4n) is 1.66. The van der Waals surface area contributed by atoms with Gasteiger partial charge in [-0.05, 0) is 20.3 Å². The van der Waals surface area contributed by atoms with Gasteiger partial charge < -0.3 is 15.0 Å². The monoisotopic (exact) mass is 214 g/mol. The smallest absolute Gasteiger partial charge is 0.317 e. The van der Waals surface area contributed by atoms with E-state index in [4.69, 9.17) is 4.74 Å². The van der Waals surface area contributed by atoms with Crippen molar-refractivity contribution >= 4 is 6.03 Å². The summed E-state index contributed by atoms with van der Waals surface area (Å²) in [5, 5.41) is 2.94. The van der Waals surface area contributed by atoms with Gasteiger partial charge in [-0.25, -0.2) is 4.79 Å². The van der Waals surface area contributed by atoms with Crippen molar-refractivity contribution in [3.63, 3.8) is 0 Å². The van der Waals surface area contributed by atoms with Crippen LogP contribution >= 0.6 is 0 Å². The molecular weight excluding hydrogens is 192 g/mol. The molecule has 2 unspecified atom stereocenters. The van der Waals surface area contributed by atoms with E-state index < -0.39 is 0 Å². The second-order valence-corrected chi connectivity index (χ2v) is 4.23. The molecule has 0 aromatic carbocycles. The van der Waals surface area contributed by atoms with Gasteiger partial charge in [0.2, 0.25) is 0 Å². The van der Waals surface area contributed by atoms with E-state index >= 15 is 0 Å². The first-order valence-corrected chi connectivity index (χ1v) is 5.81. The first-order chi connectivity index (χ1) is 7.15. The van der Waals surface area contributed by atoms with Crippen LogP contribution in [0.2, 0.25) is 0 Å². The minimum absolute atomic E-state index is 0.0473. The summed E-state index contributed by atoms with van der Waals surface area (Å²) in [5.41, 5.74) is 0. The molecule has 1 saturated heterocycles. The molecule has 1 aliphatic rings. The number of urea groups is 1. The largest absolute Gasteiger partial charge is 0.375 e. The number of nitrogens with zero attached hydrogens (tertiary/aromatic N) is 1. The topological polar surface area (TPSA) is 41.6 Å². The molecule has 0 aliphatic carbocycles. The van der Waals surface area contributed by atoms with Gasteiger partial charge in [-0.15, -0.1) is 0 Å². The van der Waals surface area contributed by atoms with E-state index in [0.717, 1.165) is 19.4 Å². The number of ether oxygens (including phenoxy) is 1. The van der Waals surface area contributed by atoms with Crippen molar-refractivity contribution in [1.29, 1.82) is 0 Å². The molecule has 1 N–H and O–H groups in total. The van der Waals surface area contributed by atoms with Crippen LogP contribution in [0.4, 0.5) is 4.79 Å². The van der Waals surface area contributed by atoms with E-state index in [-0.39, 0.29) is 18.2 Å². The molecule has 0 aromatic heterocycles. The number of amides is 2. The molecule has 2 atom stereocenters. The minimum Gasteiger partial charge on any atom is -0.375 e. The van der Waals surface area contributed by atoms with Gasteiger partial charge in [-0.2, -0.15) is 0 Å². The third-order valence-electron chi connectivity index (χ3n) is 2.68. The van der Waals surface area contributed by atoms with E-state index in [1.165, 1.54) is 0 Å². The summed E-state index contributed by atoms with van der Waals surface area (Å²) in [5.74, 6) is 0. The maximum Gasteiger partial charge on any atom is 0.317 e. The lowest BCUT2D eigenvalue weighted by Crippen LogP contribution is -2.53. The highest BCUT2D eigenvalue weighted by Gasteiger charge is 2.26. The van der Waals surface area contributed by atoms with Crippen LogP contribution in [0.15, 0.2) is 0 Å². The maximum absolute atomic E-state index is 11.8. The zero-order valence-electron chi connectivity index (χ0n) is 9.95. The van der Waals surface area contributed by atoms with Crippen LogP contribution in [0.3, 0.4) is 0 Å². The average molecular weight is 214 g/mol. The Morgan fingerprint density at radius 1 is 1.53 bits per heavy atom. The average Bonchev–Trinajstić information content (AvgIpc) is 2.22. The molecule has 0 bridgehead atoms. The molecule has 1 fully saturated rings. The predicted octanol–water partition coefficient (Wildman–Crippen LogP) is 1.61. The van der Waals surface area contributed by atoms with E-state index in [0.29, 0.717) is 13.2 Å². The summed E-state index contributed by atoms with van der Waals surface area (Å²) in [6, 6.07) is 0.230. The van der Waals surface area contributed by atoms with Crippen molar-refractivity contribution in [2.75, 3.05) is 19.7 Å². The van der Waals surface area contributed by atoms with Crippen molar-refractivity contribution in [1.82, 2.24) is 10.2 Å². The van der Waals surface area contributed by atoms with Crippen LogP contribution < -0.4 is 5.32 Å². The number of morpholine rings is 1. The van der Waals surface area contributed by atoms with Gasteiger partial charge in [-0.3, -0.25) is 0 Å². The van der Waals surface area contributed by atoms with E-state index in [9.17, 15) is 4.79 Å². The van der Waals surface area contributed by atoms with Gasteiger partial charge in [0.1, 0.15) is 0 Å². The van der Waals surface area contributed by atoms with Gasteiger partial charge in [0.15, 0.2) is 0 Å². The number of carbonyl (C=O) groups is 1. The zero-order valence-corrected chi connectivity index (χ0v) is 9.95. The van der Waals surface area contributed by atoms with Crippen molar-refractivity contribution in [3.8, 4) is 0 Å². The summed E-state index contributed by atoms with van der Waals surface area (Å²) >= 11 is 0. The second-order valence-electron chi connectivity index (χ2n) is 4.23. The Kier molecular flexibility index (Phi) is 4.88. The fourth-order valence-corrected chi connectivity index (χ4v) is 1.66. The molecule has 4 nitrogen and oxygen atoms in total. The third-order valence-corrected chi connectivity index (χ3v) is 2.68. The van der Waals surface area contributed by atoms with Gasteiger partial charge in [0, 0.05) is 13.1 Å². The Balaban J connectivity index is 2.35. The predicted molar refractivity (Wildman–Crippen MR) is 59.9 cm³/mol. The normalized spacial score (nSPS) is 26.5. The van der Waals surface area contributed by atoms with Crippen molar-refractivity contribution in [2.24, 2.45) is 0 Å². The number of nitrogens with one attached hydrogen (secondary N) is 1. The van der Waals surface area contributed by atoms with E-state index in [1.807, 2.05) is 18.7 Å². The van der Waals surface area contributed by atoms with Crippen LogP contribution in [0.1, 0.15) is 33.6 Å². The Hall–Kier alpha value is -0.770. The standard InChI is InChI=1S/C11H22N2O2/c1-4-5-6-12-11(14)13-7-10(3)15-8-9(13)2/h9-10H,4-8H2,1-3H3,(H,12,14). The molecule has 1 aliphatic heterocycles. The number of rotatable bonds is 3. The summed E-state index contributed by atoms with van der Waals surface area (Å²) in [6.07, 6.45) is 2.30. The number of carbonyl (C=O) groups excluding carboxylic acids is 1.